The van der Waals surface area contributed by atoms with Gasteiger partial charge in [0.1, 0.15) is 18.1 Å². The number of hydrogen-bond donors (Lipinski definition) is 1. The fourth-order valence-corrected chi connectivity index (χ4v) is 2.61. The van der Waals surface area contributed by atoms with E-state index in [1.165, 1.54) is 6.08 Å². The van der Waals surface area contributed by atoms with E-state index in [0.29, 0.717) is 24.5 Å². The fraction of sp³-hybridized carbons (Fsp3) is 0.217. The van der Waals surface area contributed by atoms with Crippen LogP contribution in [0.5, 0.6) is 5.75 Å². The quantitative estimate of drug-likeness (QED) is 0.412. The van der Waals surface area contributed by atoms with Gasteiger partial charge in [-0.25, -0.2) is 4.79 Å². The molecule has 8 nitrogen and oxygen atoms in total. The maximum atomic E-state index is 12.3. The Balaban J connectivity index is 1.49. The average molecular weight is 421 g/mol. The SMILES string of the molecule is CCC(OC(=O)C=Cc1ccc(OCc2ccccn2)cc1)C(=O)Nc1cc(C)on1. The lowest BCUT2D eigenvalue weighted by Gasteiger charge is -2.13. The van der Waals surface area contributed by atoms with Gasteiger partial charge in [-0.15, -0.1) is 0 Å². The molecule has 3 rings (SSSR count). The Kier molecular flexibility index (Phi) is 7.53. The molecule has 0 aliphatic carbocycles. The number of pyridine rings is 1. The van der Waals surface area contributed by atoms with Crippen LogP contribution in [-0.4, -0.2) is 28.1 Å². The highest BCUT2D eigenvalue weighted by molar-refractivity contribution is 5.96. The second-order valence-electron chi connectivity index (χ2n) is 6.66. The van der Waals surface area contributed by atoms with Crippen molar-refractivity contribution in [2.75, 3.05) is 5.32 Å². The van der Waals surface area contributed by atoms with Crippen molar-refractivity contribution in [1.29, 1.82) is 0 Å². The fourth-order valence-electron chi connectivity index (χ4n) is 2.61. The van der Waals surface area contributed by atoms with Crippen molar-refractivity contribution in [2.45, 2.75) is 33.0 Å². The third kappa shape index (κ3) is 6.81. The third-order valence-electron chi connectivity index (χ3n) is 4.21. The standard InChI is InChI=1S/C23H23N3O5/c1-3-20(23(28)25-21-14-16(2)31-26-21)30-22(27)12-9-17-7-10-19(11-8-17)29-15-18-6-4-5-13-24-18/h4-14,20H,3,15H2,1-2H3,(H,25,26,28). The van der Waals surface area contributed by atoms with Crippen LogP contribution in [0.2, 0.25) is 0 Å². The number of ether oxygens (including phenoxy) is 2. The third-order valence-corrected chi connectivity index (χ3v) is 4.21. The Morgan fingerprint density at radius 1 is 1.19 bits per heavy atom. The summed E-state index contributed by atoms with van der Waals surface area (Å²) in [4.78, 5) is 28.6. The van der Waals surface area contributed by atoms with E-state index in [0.717, 1.165) is 11.3 Å². The molecule has 8 heteroatoms. The average Bonchev–Trinajstić information content (AvgIpc) is 3.20. The van der Waals surface area contributed by atoms with E-state index in [4.69, 9.17) is 14.0 Å². The molecule has 1 atom stereocenters. The summed E-state index contributed by atoms with van der Waals surface area (Å²) < 4.78 is 15.8. The highest BCUT2D eigenvalue weighted by atomic mass is 16.5. The summed E-state index contributed by atoms with van der Waals surface area (Å²) in [6, 6.07) is 14.5. The number of aromatic nitrogens is 2. The Morgan fingerprint density at radius 2 is 2.00 bits per heavy atom. The monoisotopic (exact) mass is 421 g/mol. The summed E-state index contributed by atoms with van der Waals surface area (Å²) in [6.07, 6.45) is 3.99. The van der Waals surface area contributed by atoms with Gasteiger partial charge in [0.2, 0.25) is 0 Å². The van der Waals surface area contributed by atoms with Crippen LogP contribution in [-0.2, 0) is 20.9 Å². The highest BCUT2D eigenvalue weighted by Crippen LogP contribution is 2.15. The molecule has 2 aromatic heterocycles. The minimum Gasteiger partial charge on any atom is -0.487 e. The van der Waals surface area contributed by atoms with Crippen LogP contribution in [0.15, 0.2) is 65.3 Å². The van der Waals surface area contributed by atoms with E-state index in [2.05, 4.69) is 15.5 Å². The summed E-state index contributed by atoms with van der Waals surface area (Å²) in [7, 11) is 0. The van der Waals surface area contributed by atoms with Crippen molar-refractivity contribution >= 4 is 23.8 Å². The lowest BCUT2D eigenvalue weighted by Crippen LogP contribution is -2.31. The number of benzene rings is 1. The molecule has 0 fully saturated rings. The van der Waals surface area contributed by atoms with Crippen LogP contribution in [0.4, 0.5) is 5.82 Å². The maximum Gasteiger partial charge on any atom is 0.331 e. The normalized spacial score (nSPS) is 11.8. The first-order valence-electron chi connectivity index (χ1n) is 9.79. The number of nitrogens with zero attached hydrogens (tertiary/aromatic N) is 2. The molecule has 160 valence electrons. The van der Waals surface area contributed by atoms with Crippen LogP contribution in [0.25, 0.3) is 6.08 Å². The number of amides is 1. The van der Waals surface area contributed by atoms with Gasteiger partial charge in [-0.05, 0) is 49.2 Å². The number of esters is 1. The Bertz CT molecular complexity index is 1030. The molecule has 0 radical (unpaired) electrons. The molecule has 0 bridgehead atoms. The highest BCUT2D eigenvalue weighted by Gasteiger charge is 2.21. The number of anilines is 1. The van der Waals surface area contributed by atoms with Crippen molar-refractivity contribution in [3.8, 4) is 5.75 Å². The van der Waals surface area contributed by atoms with Gasteiger partial charge in [-0.1, -0.05) is 30.3 Å². The van der Waals surface area contributed by atoms with Gasteiger partial charge in [-0.3, -0.25) is 9.78 Å². The van der Waals surface area contributed by atoms with Crippen LogP contribution in [0.3, 0.4) is 0 Å². The van der Waals surface area contributed by atoms with Crippen LogP contribution in [0.1, 0.15) is 30.4 Å². The van der Waals surface area contributed by atoms with Crippen molar-refractivity contribution in [3.05, 3.63) is 77.8 Å². The zero-order valence-corrected chi connectivity index (χ0v) is 17.3. The zero-order chi connectivity index (χ0) is 22.1. The molecule has 0 saturated carbocycles. The molecule has 2 heterocycles. The minimum absolute atomic E-state index is 0.276. The molecule has 1 N–H and O–H groups in total. The largest absolute Gasteiger partial charge is 0.487 e. The molecule has 1 unspecified atom stereocenters. The molecule has 1 aromatic carbocycles. The van der Waals surface area contributed by atoms with Crippen molar-refractivity contribution in [3.63, 3.8) is 0 Å². The summed E-state index contributed by atoms with van der Waals surface area (Å²) in [6.45, 7) is 3.83. The summed E-state index contributed by atoms with van der Waals surface area (Å²) in [5, 5.41) is 6.25. The second-order valence-corrected chi connectivity index (χ2v) is 6.66. The Morgan fingerprint density at radius 3 is 2.65 bits per heavy atom. The number of aryl methyl sites for hydroxylation is 1. The summed E-state index contributed by atoms with van der Waals surface area (Å²) >= 11 is 0. The van der Waals surface area contributed by atoms with Crippen LogP contribution >= 0.6 is 0 Å². The maximum absolute atomic E-state index is 12.3. The van der Waals surface area contributed by atoms with Crippen molar-refractivity contribution < 1.29 is 23.6 Å². The first-order valence-corrected chi connectivity index (χ1v) is 9.79. The molecular weight excluding hydrogens is 398 g/mol. The Hall–Kier alpha value is -3.94. The van der Waals surface area contributed by atoms with E-state index in [-0.39, 0.29) is 5.82 Å². The number of carbonyl (C=O) groups excluding carboxylic acids is 2. The van der Waals surface area contributed by atoms with Gasteiger partial charge in [0.15, 0.2) is 11.9 Å². The van der Waals surface area contributed by atoms with Gasteiger partial charge in [0.25, 0.3) is 5.91 Å². The topological polar surface area (TPSA) is 104 Å². The molecule has 0 spiro atoms. The lowest BCUT2D eigenvalue weighted by atomic mass is 10.2. The van der Waals surface area contributed by atoms with E-state index < -0.39 is 18.0 Å². The van der Waals surface area contributed by atoms with Gasteiger partial charge in [0, 0.05) is 18.3 Å². The lowest BCUT2D eigenvalue weighted by molar-refractivity contribution is -0.149. The molecule has 0 aliphatic rings. The number of hydrogen-bond acceptors (Lipinski definition) is 7. The molecule has 0 aliphatic heterocycles. The van der Waals surface area contributed by atoms with E-state index >= 15 is 0 Å². The summed E-state index contributed by atoms with van der Waals surface area (Å²) in [5.41, 5.74) is 1.63. The van der Waals surface area contributed by atoms with E-state index in [1.807, 2.05) is 30.3 Å². The van der Waals surface area contributed by atoms with Gasteiger partial charge >= 0.3 is 5.97 Å². The molecular formula is C23H23N3O5. The smallest absolute Gasteiger partial charge is 0.331 e. The van der Waals surface area contributed by atoms with Crippen molar-refractivity contribution in [1.82, 2.24) is 10.1 Å². The van der Waals surface area contributed by atoms with Gasteiger partial charge in [0.05, 0.1) is 5.69 Å². The summed E-state index contributed by atoms with van der Waals surface area (Å²) in [5.74, 6) is 0.450. The van der Waals surface area contributed by atoms with Crippen LogP contribution < -0.4 is 10.1 Å². The van der Waals surface area contributed by atoms with Gasteiger partial charge in [-0.2, -0.15) is 0 Å². The number of carbonyl (C=O) groups is 2. The first-order chi connectivity index (χ1) is 15.0. The van der Waals surface area contributed by atoms with E-state index in [9.17, 15) is 9.59 Å². The second kappa shape index (κ2) is 10.7. The molecule has 31 heavy (non-hydrogen) atoms. The van der Waals surface area contributed by atoms with Crippen molar-refractivity contribution in [2.24, 2.45) is 0 Å². The molecule has 1 amide bonds. The van der Waals surface area contributed by atoms with Gasteiger partial charge < -0.3 is 19.3 Å². The van der Waals surface area contributed by atoms with E-state index in [1.54, 1.807) is 44.3 Å². The molecule has 0 saturated heterocycles. The van der Waals surface area contributed by atoms with Crippen LogP contribution in [0, 0.1) is 6.92 Å². The Labute approximate surface area is 179 Å². The first kappa shape index (κ1) is 21.8. The zero-order valence-electron chi connectivity index (χ0n) is 17.3. The predicted octanol–water partition coefficient (Wildman–Crippen LogP) is 3.93. The minimum atomic E-state index is -0.934. The number of rotatable bonds is 9. The number of nitrogens with one attached hydrogen (secondary N) is 1. The predicted molar refractivity (Wildman–Crippen MR) is 114 cm³/mol. The molecule has 3 aromatic rings.